The maximum Gasteiger partial charge on any atom is 0.225 e. The summed E-state index contributed by atoms with van der Waals surface area (Å²) in [5.74, 6) is -0.150. The average molecular weight is 235 g/mol. The van der Waals surface area contributed by atoms with Crippen LogP contribution >= 0.6 is 0 Å². The molecule has 0 bridgehead atoms. The molecule has 0 saturated heterocycles. The van der Waals surface area contributed by atoms with Gasteiger partial charge in [0.05, 0.1) is 0 Å². The van der Waals surface area contributed by atoms with Gasteiger partial charge in [-0.25, -0.2) is 0 Å². The van der Waals surface area contributed by atoms with Crippen molar-refractivity contribution in [1.29, 1.82) is 0 Å². The van der Waals surface area contributed by atoms with Crippen LogP contribution in [0.4, 0.5) is 11.4 Å². The normalized spacial score (nSPS) is 9.76. The van der Waals surface area contributed by atoms with Crippen LogP contribution in [-0.2, 0) is 9.59 Å². The fraction of sp³-hybridized carbons (Fsp3) is 0.333. The molecule has 2 amide bonds. The van der Waals surface area contributed by atoms with Crippen LogP contribution < -0.4 is 16.4 Å². The molecule has 5 nitrogen and oxygen atoms in total. The van der Waals surface area contributed by atoms with Crippen molar-refractivity contribution in [2.75, 3.05) is 17.2 Å². The Morgan fingerprint density at radius 1 is 1.06 bits per heavy atom. The highest BCUT2D eigenvalue weighted by molar-refractivity contribution is 5.92. The predicted molar refractivity (Wildman–Crippen MR) is 67.7 cm³/mol. The Morgan fingerprint density at radius 2 is 1.53 bits per heavy atom. The van der Waals surface area contributed by atoms with E-state index in [1.54, 1.807) is 31.2 Å². The lowest BCUT2D eigenvalue weighted by atomic mass is 10.2. The van der Waals surface area contributed by atoms with Gasteiger partial charge in [0.2, 0.25) is 11.8 Å². The van der Waals surface area contributed by atoms with E-state index < -0.39 is 0 Å². The summed E-state index contributed by atoms with van der Waals surface area (Å²) in [4.78, 5) is 22.4. The molecule has 0 aromatic heterocycles. The number of anilines is 2. The zero-order chi connectivity index (χ0) is 12.7. The molecule has 0 atom stereocenters. The molecule has 5 heteroatoms. The van der Waals surface area contributed by atoms with Crippen LogP contribution in [0.5, 0.6) is 0 Å². The number of hydrogen-bond acceptors (Lipinski definition) is 3. The molecule has 0 heterocycles. The second kappa shape index (κ2) is 6.65. The number of benzene rings is 1. The Morgan fingerprint density at radius 3 is 1.94 bits per heavy atom. The number of hydrogen-bond donors (Lipinski definition) is 3. The molecule has 0 aliphatic rings. The third kappa shape index (κ3) is 4.65. The molecule has 0 spiro atoms. The van der Waals surface area contributed by atoms with Crippen LogP contribution in [0.2, 0.25) is 0 Å². The van der Waals surface area contributed by atoms with E-state index in [0.29, 0.717) is 30.8 Å². The highest BCUT2D eigenvalue weighted by Crippen LogP contribution is 2.13. The van der Waals surface area contributed by atoms with Crippen LogP contribution in [0, 0.1) is 0 Å². The van der Waals surface area contributed by atoms with E-state index in [2.05, 4.69) is 10.6 Å². The molecule has 0 saturated carbocycles. The summed E-state index contributed by atoms with van der Waals surface area (Å²) in [5.41, 5.74) is 6.68. The maximum atomic E-state index is 11.3. The van der Waals surface area contributed by atoms with Gasteiger partial charge in [-0.05, 0) is 24.3 Å². The Hall–Kier alpha value is -1.88. The number of rotatable bonds is 5. The molecule has 0 aliphatic carbocycles. The van der Waals surface area contributed by atoms with Crippen LogP contribution in [0.25, 0.3) is 0 Å². The minimum absolute atomic E-state index is 0.0371. The first-order chi connectivity index (χ1) is 8.15. The Bertz CT molecular complexity index is 387. The number of nitrogens with one attached hydrogen (secondary N) is 2. The average Bonchev–Trinajstić information content (AvgIpc) is 2.32. The van der Waals surface area contributed by atoms with Gasteiger partial charge in [-0.3, -0.25) is 9.59 Å². The van der Waals surface area contributed by atoms with Crippen LogP contribution in [0.1, 0.15) is 19.8 Å². The lowest BCUT2D eigenvalue weighted by molar-refractivity contribution is -0.116. The smallest absolute Gasteiger partial charge is 0.225 e. The zero-order valence-corrected chi connectivity index (χ0v) is 9.82. The quantitative estimate of drug-likeness (QED) is 0.719. The van der Waals surface area contributed by atoms with Crippen molar-refractivity contribution in [1.82, 2.24) is 0 Å². The molecule has 0 fully saturated rings. The molecule has 1 rings (SSSR count). The molecule has 0 radical (unpaired) electrons. The van der Waals surface area contributed by atoms with E-state index in [-0.39, 0.29) is 11.8 Å². The van der Waals surface area contributed by atoms with Crippen molar-refractivity contribution in [2.45, 2.75) is 19.8 Å². The van der Waals surface area contributed by atoms with Crippen molar-refractivity contribution in [3.05, 3.63) is 24.3 Å². The number of amides is 2. The Kier molecular flexibility index (Phi) is 5.16. The van der Waals surface area contributed by atoms with Gasteiger partial charge in [-0.15, -0.1) is 0 Å². The van der Waals surface area contributed by atoms with Gasteiger partial charge >= 0.3 is 0 Å². The summed E-state index contributed by atoms with van der Waals surface area (Å²) in [6.45, 7) is 2.12. The molecular formula is C12H17N3O2. The Balaban J connectivity index is 2.55. The zero-order valence-electron chi connectivity index (χ0n) is 9.82. The molecule has 0 aliphatic heterocycles. The molecule has 92 valence electrons. The van der Waals surface area contributed by atoms with Crippen molar-refractivity contribution < 1.29 is 9.59 Å². The molecule has 17 heavy (non-hydrogen) atoms. The third-order valence-corrected chi connectivity index (χ3v) is 2.14. The summed E-state index contributed by atoms with van der Waals surface area (Å²) < 4.78 is 0. The predicted octanol–water partition coefficient (Wildman–Crippen LogP) is 1.32. The molecule has 0 unspecified atom stereocenters. The van der Waals surface area contributed by atoms with E-state index in [4.69, 9.17) is 5.73 Å². The molecular weight excluding hydrogens is 218 g/mol. The SMILES string of the molecule is CCC(=O)Nc1ccc(NC(=O)CCN)cc1. The van der Waals surface area contributed by atoms with E-state index in [0.717, 1.165) is 0 Å². The lowest BCUT2D eigenvalue weighted by Gasteiger charge is -2.06. The van der Waals surface area contributed by atoms with E-state index >= 15 is 0 Å². The van der Waals surface area contributed by atoms with Gasteiger partial charge < -0.3 is 16.4 Å². The highest BCUT2D eigenvalue weighted by Gasteiger charge is 2.02. The van der Waals surface area contributed by atoms with Crippen LogP contribution in [0.3, 0.4) is 0 Å². The highest BCUT2D eigenvalue weighted by atomic mass is 16.2. The number of carbonyl (C=O) groups is 2. The third-order valence-electron chi connectivity index (χ3n) is 2.14. The van der Waals surface area contributed by atoms with Gasteiger partial charge in [0.15, 0.2) is 0 Å². The van der Waals surface area contributed by atoms with E-state index in [1.165, 1.54) is 0 Å². The lowest BCUT2D eigenvalue weighted by Crippen LogP contribution is -2.16. The minimum atomic E-state index is -0.113. The Labute approximate surface area is 100 Å². The summed E-state index contributed by atoms with van der Waals surface area (Å²) in [6, 6.07) is 6.95. The van der Waals surface area contributed by atoms with Gasteiger partial charge in [-0.2, -0.15) is 0 Å². The maximum absolute atomic E-state index is 11.3. The van der Waals surface area contributed by atoms with Crippen molar-refractivity contribution >= 4 is 23.2 Å². The van der Waals surface area contributed by atoms with Crippen molar-refractivity contribution in [2.24, 2.45) is 5.73 Å². The van der Waals surface area contributed by atoms with E-state index in [9.17, 15) is 9.59 Å². The second-order valence-corrected chi connectivity index (χ2v) is 3.57. The van der Waals surface area contributed by atoms with Crippen LogP contribution in [-0.4, -0.2) is 18.4 Å². The van der Waals surface area contributed by atoms with Crippen molar-refractivity contribution in [3.63, 3.8) is 0 Å². The second-order valence-electron chi connectivity index (χ2n) is 3.57. The summed E-state index contributed by atoms with van der Waals surface area (Å²) in [5, 5.41) is 5.43. The van der Waals surface area contributed by atoms with Crippen LogP contribution in [0.15, 0.2) is 24.3 Å². The summed E-state index contributed by atoms with van der Waals surface area (Å²) in [6.07, 6.45) is 0.739. The molecule has 1 aromatic carbocycles. The van der Waals surface area contributed by atoms with Gasteiger partial charge in [-0.1, -0.05) is 6.92 Å². The largest absolute Gasteiger partial charge is 0.330 e. The minimum Gasteiger partial charge on any atom is -0.330 e. The topological polar surface area (TPSA) is 84.2 Å². The number of nitrogens with two attached hydrogens (primary N) is 1. The molecule has 4 N–H and O–H groups in total. The first kappa shape index (κ1) is 13.2. The standard InChI is InChI=1S/C12H17N3O2/c1-2-11(16)14-9-3-5-10(6-4-9)15-12(17)7-8-13/h3-6H,2,7-8,13H2,1H3,(H,14,16)(H,15,17). The van der Waals surface area contributed by atoms with Crippen molar-refractivity contribution in [3.8, 4) is 0 Å². The van der Waals surface area contributed by atoms with Gasteiger partial charge in [0.25, 0.3) is 0 Å². The summed E-state index contributed by atoms with van der Waals surface area (Å²) in [7, 11) is 0. The first-order valence-corrected chi connectivity index (χ1v) is 5.55. The van der Waals surface area contributed by atoms with E-state index in [1.807, 2.05) is 0 Å². The fourth-order valence-electron chi connectivity index (χ4n) is 1.24. The van der Waals surface area contributed by atoms with Gasteiger partial charge in [0.1, 0.15) is 0 Å². The number of carbonyl (C=O) groups excluding carboxylic acids is 2. The summed E-state index contributed by atoms with van der Waals surface area (Å²) >= 11 is 0. The fourth-order valence-corrected chi connectivity index (χ4v) is 1.24. The molecule has 1 aromatic rings. The van der Waals surface area contributed by atoms with Gasteiger partial charge in [0, 0.05) is 30.8 Å². The monoisotopic (exact) mass is 235 g/mol. The first-order valence-electron chi connectivity index (χ1n) is 5.55.